The predicted molar refractivity (Wildman–Crippen MR) is 78.1 cm³/mol. The summed E-state index contributed by atoms with van der Waals surface area (Å²) in [7, 11) is 0. The molecule has 1 heterocycles. The molecule has 0 saturated heterocycles. The van der Waals surface area contributed by atoms with Crippen LogP contribution in [-0.2, 0) is 0 Å². The van der Waals surface area contributed by atoms with Gasteiger partial charge in [-0.05, 0) is 18.6 Å². The van der Waals surface area contributed by atoms with E-state index in [2.05, 4.69) is 0 Å². The molecule has 0 atom stereocenters. The fourth-order valence-electron chi connectivity index (χ4n) is 1.90. The number of amides is 1. The van der Waals surface area contributed by atoms with Crippen LogP contribution in [0.5, 0.6) is 0 Å². The van der Waals surface area contributed by atoms with E-state index in [1.807, 2.05) is 37.3 Å². The zero-order chi connectivity index (χ0) is 14.7. The van der Waals surface area contributed by atoms with Gasteiger partial charge in [0.25, 0.3) is 5.91 Å². The lowest BCUT2D eigenvalue weighted by Gasteiger charge is -2.14. The minimum absolute atomic E-state index is 0.126. The van der Waals surface area contributed by atoms with Crippen molar-refractivity contribution in [3.8, 4) is 12.1 Å². The van der Waals surface area contributed by atoms with E-state index in [4.69, 9.17) is 16.3 Å². The minimum Gasteiger partial charge on any atom is -0.397 e. The van der Waals surface area contributed by atoms with Gasteiger partial charge in [-0.2, -0.15) is 10.5 Å². The van der Waals surface area contributed by atoms with Crippen LogP contribution in [0.3, 0.4) is 0 Å². The van der Waals surface area contributed by atoms with Gasteiger partial charge >= 0.3 is 0 Å². The maximum Gasteiger partial charge on any atom is 0.267 e. The molecule has 0 saturated carbocycles. The zero-order valence-electron chi connectivity index (χ0n) is 10.9. The van der Waals surface area contributed by atoms with E-state index in [0.717, 1.165) is 15.6 Å². The highest BCUT2D eigenvalue weighted by atomic mass is 32.1. The van der Waals surface area contributed by atoms with E-state index in [1.165, 1.54) is 16.2 Å². The molecule has 0 aliphatic heterocycles. The standard InChI is InChI=1S/C14H12N4OS/c1-9-2-3-10-11(8-9)20-13(12(10)17)14(19)18(6-4-15)7-5-16/h2-3,8H,6-7,17H2,1H3. The fraction of sp³-hybridized carbons (Fsp3) is 0.214. The number of hydrogen-bond acceptors (Lipinski definition) is 5. The topological polar surface area (TPSA) is 93.9 Å². The Labute approximate surface area is 120 Å². The third-order valence-corrected chi connectivity index (χ3v) is 4.04. The molecule has 1 aromatic heterocycles. The summed E-state index contributed by atoms with van der Waals surface area (Å²) in [6.45, 7) is 1.72. The van der Waals surface area contributed by atoms with Crippen molar-refractivity contribution in [1.29, 1.82) is 10.5 Å². The van der Waals surface area contributed by atoms with Crippen LogP contribution >= 0.6 is 11.3 Å². The van der Waals surface area contributed by atoms with Gasteiger partial charge in [0.15, 0.2) is 0 Å². The smallest absolute Gasteiger partial charge is 0.267 e. The number of nitrogens with two attached hydrogens (primary N) is 1. The molecule has 2 aromatic rings. The molecule has 2 rings (SSSR count). The van der Waals surface area contributed by atoms with Crippen molar-refractivity contribution in [1.82, 2.24) is 4.90 Å². The molecule has 5 nitrogen and oxygen atoms in total. The van der Waals surface area contributed by atoms with Crippen LogP contribution < -0.4 is 5.73 Å². The molecule has 2 N–H and O–H groups in total. The summed E-state index contributed by atoms with van der Waals surface area (Å²) in [5, 5.41) is 18.3. The lowest BCUT2D eigenvalue weighted by Crippen LogP contribution is -2.31. The first-order chi connectivity index (χ1) is 9.58. The first-order valence-corrected chi connectivity index (χ1v) is 6.72. The van der Waals surface area contributed by atoms with Crippen molar-refractivity contribution in [3.63, 3.8) is 0 Å². The normalized spacial score (nSPS) is 9.95. The maximum absolute atomic E-state index is 12.4. The second-order valence-corrected chi connectivity index (χ2v) is 5.37. The number of nitrogen functional groups attached to an aromatic ring is 1. The van der Waals surface area contributed by atoms with Crippen LogP contribution in [0.25, 0.3) is 10.1 Å². The van der Waals surface area contributed by atoms with Crippen molar-refractivity contribution in [3.05, 3.63) is 28.6 Å². The van der Waals surface area contributed by atoms with Gasteiger partial charge in [0.2, 0.25) is 0 Å². The lowest BCUT2D eigenvalue weighted by molar-refractivity contribution is 0.0800. The lowest BCUT2D eigenvalue weighted by atomic mass is 10.1. The van der Waals surface area contributed by atoms with Gasteiger partial charge in [0.05, 0.1) is 17.8 Å². The van der Waals surface area contributed by atoms with E-state index in [1.54, 1.807) is 0 Å². The molecule has 6 heteroatoms. The summed E-state index contributed by atoms with van der Waals surface area (Å²) in [5.41, 5.74) is 7.52. The number of nitriles is 2. The van der Waals surface area contributed by atoms with Crippen molar-refractivity contribution in [2.24, 2.45) is 0 Å². The molecule has 100 valence electrons. The highest BCUT2D eigenvalue weighted by Crippen LogP contribution is 2.34. The summed E-state index contributed by atoms with van der Waals surface area (Å²) in [6.07, 6.45) is 0. The van der Waals surface area contributed by atoms with Gasteiger partial charge in [-0.1, -0.05) is 12.1 Å². The number of carbonyl (C=O) groups is 1. The molecular formula is C14H12N4OS. The Morgan fingerprint density at radius 2 is 2.00 bits per heavy atom. The van der Waals surface area contributed by atoms with Crippen molar-refractivity contribution < 1.29 is 4.79 Å². The van der Waals surface area contributed by atoms with Crippen molar-refractivity contribution in [2.75, 3.05) is 18.8 Å². The van der Waals surface area contributed by atoms with Crippen molar-refractivity contribution >= 4 is 33.0 Å². The number of thiophene rings is 1. The number of benzene rings is 1. The Bertz CT molecular complexity index is 735. The SMILES string of the molecule is Cc1ccc2c(N)c(C(=O)N(CC#N)CC#N)sc2c1. The van der Waals surface area contributed by atoms with Gasteiger partial charge in [-0.25, -0.2) is 0 Å². The number of carbonyl (C=O) groups excluding carboxylic acids is 1. The number of fused-ring (bicyclic) bond motifs is 1. The molecule has 0 spiro atoms. The largest absolute Gasteiger partial charge is 0.397 e. The van der Waals surface area contributed by atoms with Crippen LogP contribution in [0.2, 0.25) is 0 Å². The maximum atomic E-state index is 12.4. The Morgan fingerprint density at radius 3 is 2.60 bits per heavy atom. The highest BCUT2D eigenvalue weighted by Gasteiger charge is 2.21. The van der Waals surface area contributed by atoms with E-state index >= 15 is 0 Å². The number of anilines is 1. The summed E-state index contributed by atoms with van der Waals surface area (Å²) in [4.78, 5) is 13.9. The number of nitrogens with zero attached hydrogens (tertiary/aromatic N) is 3. The molecule has 20 heavy (non-hydrogen) atoms. The van der Waals surface area contributed by atoms with Crippen LogP contribution in [0, 0.1) is 29.6 Å². The summed E-state index contributed by atoms with van der Waals surface area (Å²) >= 11 is 1.29. The second-order valence-electron chi connectivity index (χ2n) is 4.32. The number of hydrogen-bond donors (Lipinski definition) is 1. The fourth-order valence-corrected chi connectivity index (χ4v) is 3.09. The van der Waals surface area contributed by atoms with Crippen LogP contribution in [0.15, 0.2) is 18.2 Å². The highest BCUT2D eigenvalue weighted by molar-refractivity contribution is 7.21. The van der Waals surface area contributed by atoms with E-state index in [-0.39, 0.29) is 19.0 Å². The van der Waals surface area contributed by atoms with Crippen molar-refractivity contribution in [2.45, 2.75) is 6.92 Å². The van der Waals surface area contributed by atoms with E-state index in [0.29, 0.717) is 10.6 Å². The summed E-state index contributed by atoms with van der Waals surface area (Å²) < 4.78 is 0.930. The first-order valence-electron chi connectivity index (χ1n) is 5.90. The molecule has 1 aromatic carbocycles. The predicted octanol–water partition coefficient (Wildman–Crippen LogP) is 2.28. The molecule has 0 unspecified atom stereocenters. The second kappa shape index (κ2) is 5.60. The Hall–Kier alpha value is -2.57. The van der Waals surface area contributed by atoms with Crippen LogP contribution in [0.4, 0.5) is 5.69 Å². The molecular weight excluding hydrogens is 272 g/mol. The minimum atomic E-state index is -0.371. The van der Waals surface area contributed by atoms with E-state index in [9.17, 15) is 4.79 Å². The first kappa shape index (κ1) is 13.9. The molecule has 0 aliphatic rings. The quantitative estimate of drug-likeness (QED) is 0.875. The van der Waals surface area contributed by atoms with Gasteiger partial charge in [0, 0.05) is 10.1 Å². The van der Waals surface area contributed by atoms with Crippen LogP contribution in [-0.4, -0.2) is 23.9 Å². The summed E-state index contributed by atoms with van der Waals surface area (Å²) in [6, 6.07) is 9.54. The van der Waals surface area contributed by atoms with Gasteiger partial charge in [-0.3, -0.25) is 4.79 Å². The number of aryl methyl sites for hydroxylation is 1. The van der Waals surface area contributed by atoms with Crippen LogP contribution in [0.1, 0.15) is 15.2 Å². The van der Waals surface area contributed by atoms with E-state index < -0.39 is 0 Å². The average Bonchev–Trinajstić information content (AvgIpc) is 2.74. The van der Waals surface area contributed by atoms with Gasteiger partial charge in [-0.15, -0.1) is 11.3 Å². The monoisotopic (exact) mass is 284 g/mol. The molecule has 0 fully saturated rings. The Kier molecular flexibility index (Phi) is 3.88. The third kappa shape index (κ3) is 2.42. The molecule has 0 aliphatic carbocycles. The zero-order valence-corrected chi connectivity index (χ0v) is 11.7. The molecule has 0 radical (unpaired) electrons. The number of rotatable bonds is 3. The summed E-state index contributed by atoms with van der Waals surface area (Å²) in [5.74, 6) is -0.371. The third-order valence-electron chi connectivity index (χ3n) is 2.89. The van der Waals surface area contributed by atoms with Gasteiger partial charge < -0.3 is 10.6 Å². The Morgan fingerprint density at radius 1 is 1.35 bits per heavy atom. The molecule has 1 amide bonds. The molecule has 0 bridgehead atoms. The average molecular weight is 284 g/mol. The van der Waals surface area contributed by atoms with Gasteiger partial charge in [0.1, 0.15) is 18.0 Å². The Balaban J connectivity index is 2.47.